The fraction of sp³-hybridized carbons (Fsp3) is 0.133. The lowest BCUT2D eigenvalue weighted by Gasteiger charge is -2.07. The van der Waals surface area contributed by atoms with Crippen LogP contribution in [0.2, 0.25) is 5.02 Å². The van der Waals surface area contributed by atoms with E-state index in [1.165, 1.54) is 11.1 Å². The number of hydrogen-bond donors (Lipinski definition) is 1. The molecule has 3 rings (SSSR count). The molecule has 0 saturated carbocycles. The number of halogens is 1. The molecule has 0 aliphatic rings. The molecule has 0 amide bonds. The Morgan fingerprint density at radius 2 is 2.00 bits per heavy atom. The largest absolute Gasteiger partial charge is 0.369 e. The van der Waals surface area contributed by atoms with Gasteiger partial charge in [-0.25, -0.2) is 4.98 Å². The fourth-order valence-electron chi connectivity index (χ4n) is 2.29. The van der Waals surface area contributed by atoms with Crippen LogP contribution >= 0.6 is 11.6 Å². The van der Waals surface area contributed by atoms with Gasteiger partial charge in [0.25, 0.3) is 0 Å². The van der Waals surface area contributed by atoms with Gasteiger partial charge in [0, 0.05) is 0 Å². The number of nitrogen functional groups attached to an aromatic ring is 1. The highest BCUT2D eigenvalue weighted by molar-refractivity contribution is 6.35. The number of nitrogens with zero attached hydrogens (tertiary/aromatic N) is 2. The number of fused-ring (bicyclic) bond motifs is 1. The molecule has 0 fully saturated rings. The third-order valence-corrected chi connectivity index (χ3v) is 3.49. The number of nitrogens with two attached hydrogens (primary N) is 1. The van der Waals surface area contributed by atoms with E-state index in [-0.39, 0.29) is 0 Å². The van der Waals surface area contributed by atoms with E-state index in [9.17, 15) is 0 Å². The molecule has 0 aliphatic carbocycles. The Kier molecular flexibility index (Phi) is 2.91. The van der Waals surface area contributed by atoms with Crippen LogP contribution in [0.25, 0.3) is 11.0 Å². The van der Waals surface area contributed by atoms with Crippen molar-refractivity contribution >= 4 is 28.6 Å². The number of hydrogen-bond acceptors (Lipinski definition) is 2. The number of anilines is 1. The second kappa shape index (κ2) is 4.59. The predicted octanol–water partition coefficient (Wildman–Crippen LogP) is 3.63. The van der Waals surface area contributed by atoms with Crippen molar-refractivity contribution in [1.82, 2.24) is 9.55 Å². The van der Waals surface area contributed by atoms with Crippen molar-refractivity contribution in [2.75, 3.05) is 5.73 Å². The summed E-state index contributed by atoms with van der Waals surface area (Å²) in [5.74, 6) is 0.490. The summed E-state index contributed by atoms with van der Waals surface area (Å²) in [5.41, 5.74) is 10.2. The van der Waals surface area contributed by atoms with Gasteiger partial charge < -0.3 is 10.3 Å². The number of benzene rings is 2. The van der Waals surface area contributed by atoms with E-state index in [4.69, 9.17) is 17.3 Å². The van der Waals surface area contributed by atoms with E-state index in [1.54, 1.807) is 0 Å². The van der Waals surface area contributed by atoms with Crippen molar-refractivity contribution in [3.8, 4) is 0 Å². The first-order valence-electron chi connectivity index (χ1n) is 6.11. The molecule has 1 heterocycles. The van der Waals surface area contributed by atoms with Gasteiger partial charge in [0.2, 0.25) is 5.95 Å². The molecule has 4 heteroatoms. The molecular weight excluding hydrogens is 258 g/mol. The van der Waals surface area contributed by atoms with Crippen LogP contribution in [0.5, 0.6) is 0 Å². The summed E-state index contributed by atoms with van der Waals surface area (Å²) in [4.78, 5) is 4.34. The summed E-state index contributed by atoms with van der Waals surface area (Å²) < 4.78 is 1.98. The monoisotopic (exact) mass is 271 g/mol. The molecule has 1 aromatic heterocycles. The molecule has 3 nitrogen and oxygen atoms in total. The van der Waals surface area contributed by atoms with Crippen LogP contribution in [-0.2, 0) is 6.54 Å². The van der Waals surface area contributed by atoms with Crippen molar-refractivity contribution in [1.29, 1.82) is 0 Å². The minimum Gasteiger partial charge on any atom is -0.369 e. The Bertz CT molecular complexity index is 746. The van der Waals surface area contributed by atoms with Crippen LogP contribution < -0.4 is 5.73 Å². The summed E-state index contributed by atoms with van der Waals surface area (Å²) >= 11 is 6.14. The lowest BCUT2D eigenvalue weighted by atomic mass is 10.1. The summed E-state index contributed by atoms with van der Waals surface area (Å²) in [6.45, 7) is 2.78. The van der Waals surface area contributed by atoms with E-state index in [0.29, 0.717) is 17.5 Å². The Morgan fingerprint density at radius 1 is 1.21 bits per heavy atom. The minimum absolute atomic E-state index is 0.490. The highest BCUT2D eigenvalue weighted by Crippen LogP contribution is 2.25. The number of aromatic nitrogens is 2. The number of imidazole rings is 1. The lowest BCUT2D eigenvalue weighted by Crippen LogP contribution is -2.04. The molecule has 3 aromatic rings. The topological polar surface area (TPSA) is 43.8 Å². The molecule has 0 spiro atoms. The second-order valence-corrected chi connectivity index (χ2v) is 5.06. The molecule has 2 N–H and O–H groups in total. The number of aryl methyl sites for hydroxylation is 1. The summed E-state index contributed by atoms with van der Waals surface area (Å²) in [6.07, 6.45) is 0. The fourth-order valence-corrected chi connectivity index (χ4v) is 2.50. The van der Waals surface area contributed by atoms with Crippen molar-refractivity contribution in [2.45, 2.75) is 13.5 Å². The van der Waals surface area contributed by atoms with Crippen molar-refractivity contribution in [3.05, 3.63) is 58.6 Å². The third-order valence-electron chi connectivity index (χ3n) is 3.18. The maximum atomic E-state index is 6.14. The van der Waals surface area contributed by atoms with Crippen molar-refractivity contribution in [3.63, 3.8) is 0 Å². The highest BCUT2D eigenvalue weighted by Gasteiger charge is 2.10. The van der Waals surface area contributed by atoms with Crippen LogP contribution in [0.15, 0.2) is 42.5 Å². The maximum Gasteiger partial charge on any atom is 0.201 e. The summed E-state index contributed by atoms with van der Waals surface area (Å²) in [7, 11) is 0. The molecule has 19 heavy (non-hydrogen) atoms. The van der Waals surface area contributed by atoms with E-state index in [1.807, 2.05) is 28.8 Å². The Hall–Kier alpha value is -2.00. The molecule has 0 saturated heterocycles. The predicted molar refractivity (Wildman–Crippen MR) is 79.4 cm³/mol. The van der Waals surface area contributed by atoms with Crippen LogP contribution in [0.4, 0.5) is 5.95 Å². The Balaban J connectivity index is 2.10. The van der Waals surface area contributed by atoms with Gasteiger partial charge in [0.05, 0.1) is 17.1 Å². The zero-order valence-electron chi connectivity index (χ0n) is 10.6. The molecule has 0 aliphatic heterocycles. The molecule has 0 radical (unpaired) electrons. The smallest absolute Gasteiger partial charge is 0.201 e. The van der Waals surface area contributed by atoms with E-state index >= 15 is 0 Å². The number of para-hydroxylation sites is 1. The van der Waals surface area contributed by atoms with Gasteiger partial charge in [0.1, 0.15) is 5.52 Å². The van der Waals surface area contributed by atoms with Gasteiger partial charge in [-0.15, -0.1) is 0 Å². The molecule has 0 atom stereocenters. The molecule has 96 valence electrons. The third kappa shape index (κ3) is 2.17. The van der Waals surface area contributed by atoms with Gasteiger partial charge >= 0.3 is 0 Å². The Morgan fingerprint density at radius 3 is 2.79 bits per heavy atom. The van der Waals surface area contributed by atoms with Gasteiger partial charge in [0.15, 0.2) is 0 Å². The minimum atomic E-state index is 0.490. The van der Waals surface area contributed by atoms with Crippen molar-refractivity contribution < 1.29 is 0 Å². The SMILES string of the molecule is Cc1cccc(Cn2c(N)nc3c(Cl)cccc32)c1. The van der Waals surface area contributed by atoms with E-state index in [0.717, 1.165) is 11.0 Å². The van der Waals surface area contributed by atoms with Crippen LogP contribution in [0, 0.1) is 6.92 Å². The Labute approximate surface area is 116 Å². The quantitative estimate of drug-likeness (QED) is 0.773. The van der Waals surface area contributed by atoms with Gasteiger partial charge in [-0.05, 0) is 24.6 Å². The summed E-state index contributed by atoms with van der Waals surface area (Å²) in [5, 5.41) is 0.632. The van der Waals surface area contributed by atoms with E-state index < -0.39 is 0 Å². The highest BCUT2D eigenvalue weighted by atomic mass is 35.5. The van der Waals surface area contributed by atoms with Crippen LogP contribution in [-0.4, -0.2) is 9.55 Å². The first-order valence-corrected chi connectivity index (χ1v) is 6.49. The normalized spacial score (nSPS) is 11.1. The average Bonchev–Trinajstić information content (AvgIpc) is 2.69. The van der Waals surface area contributed by atoms with Gasteiger partial charge in [-0.3, -0.25) is 0 Å². The zero-order valence-corrected chi connectivity index (χ0v) is 11.4. The maximum absolute atomic E-state index is 6.14. The molecular formula is C15H14ClN3. The summed E-state index contributed by atoms with van der Waals surface area (Å²) in [6, 6.07) is 14.1. The van der Waals surface area contributed by atoms with Crippen LogP contribution in [0.1, 0.15) is 11.1 Å². The number of rotatable bonds is 2. The molecule has 2 aromatic carbocycles. The van der Waals surface area contributed by atoms with Crippen molar-refractivity contribution in [2.24, 2.45) is 0 Å². The first kappa shape index (κ1) is 12.1. The van der Waals surface area contributed by atoms with E-state index in [2.05, 4.69) is 30.1 Å². The standard InChI is InChI=1S/C15H14ClN3/c1-10-4-2-5-11(8-10)9-19-13-7-3-6-12(16)14(13)18-15(19)17/h2-8H,9H2,1H3,(H2,17,18). The zero-order chi connectivity index (χ0) is 13.4. The lowest BCUT2D eigenvalue weighted by molar-refractivity contribution is 0.837. The molecule has 0 bridgehead atoms. The molecule has 0 unspecified atom stereocenters. The van der Waals surface area contributed by atoms with Crippen LogP contribution in [0.3, 0.4) is 0 Å². The second-order valence-electron chi connectivity index (χ2n) is 4.65. The van der Waals surface area contributed by atoms with Gasteiger partial charge in [-0.2, -0.15) is 0 Å². The van der Waals surface area contributed by atoms with Gasteiger partial charge in [-0.1, -0.05) is 47.5 Å². The first-order chi connectivity index (χ1) is 9.15. The average molecular weight is 272 g/mol.